The molecule has 1 unspecified atom stereocenters. The van der Waals surface area contributed by atoms with Crippen molar-refractivity contribution in [2.45, 2.75) is 32.7 Å². The number of nitrogens with zero attached hydrogens (tertiary/aromatic N) is 3. The summed E-state index contributed by atoms with van der Waals surface area (Å²) in [6.07, 6.45) is 7.78. The van der Waals surface area contributed by atoms with Crippen LogP contribution in [0.3, 0.4) is 0 Å². The van der Waals surface area contributed by atoms with Crippen molar-refractivity contribution in [1.29, 1.82) is 0 Å². The molecule has 1 atom stereocenters. The summed E-state index contributed by atoms with van der Waals surface area (Å²) in [6, 6.07) is 0.245. The second-order valence-corrected chi connectivity index (χ2v) is 4.75. The zero-order valence-electron chi connectivity index (χ0n) is 12.4. The molecule has 0 saturated carbocycles. The van der Waals surface area contributed by atoms with Gasteiger partial charge in [-0.1, -0.05) is 13.3 Å². The molecule has 0 aliphatic rings. The third-order valence-electron chi connectivity index (χ3n) is 3.08. The molecule has 2 heterocycles. The van der Waals surface area contributed by atoms with E-state index in [1.807, 2.05) is 16.8 Å². The van der Waals surface area contributed by atoms with E-state index in [2.05, 4.69) is 34.4 Å². The van der Waals surface area contributed by atoms with Gasteiger partial charge in [0, 0.05) is 26.0 Å². The van der Waals surface area contributed by atoms with Crippen molar-refractivity contribution in [2.75, 3.05) is 30.9 Å². The molecule has 0 bridgehead atoms. The van der Waals surface area contributed by atoms with E-state index in [1.54, 1.807) is 13.3 Å². The molecule has 0 aliphatic heterocycles. The number of aromatic nitrogens is 3. The van der Waals surface area contributed by atoms with E-state index in [0.717, 1.165) is 36.7 Å². The van der Waals surface area contributed by atoms with Crippen LogP contribution in [0.5, 0.6) is 0 Å². The Balaban J connectivity index is 2.28. The number of hydrogen-bond donors (Lipinski definition) is 2. The fourth-order valence-electron chi connectivity index (χ4n) is 2.23. The van der Waals surface area contributed by atoms with Gasteiger partial charge in [0.05, 0.1) is 18.8 Å². The molecule has 2 aromatic rings. The average Bonchev–Trinajstić information content (AvgIpc) is 2.88. The second kappa shape index (κ2) is 7.09. The summed E-state index contributed by atoms with van der Waals surface area (Å²) in [6.45, 7) is 5.71. The first-order valence-electron chi connectivity index (χ1n) is 7.11. The van der Waals surface area contributed by atoms with Crippen molar-refractivity contribution in [2.24, 2.45) is 0 Å². The highest BCUT2D eigenvalue weighted by molar-refractivity contribution is 5.65. The van der Waals surface area contributed by atoms with Gasteiger partial charge >= 0.3 is 0 Å². The molecule has 0 saturated heterocycles. The molecule has 0 aliphatic carbocycles. The molecule has 0 radical (unpaired) electrons. The van der Waals surface area contributed by atoms with E-state index >= 15 is 0 Å². The van der Waals surface area contributed by atoms with Gasteiger partial charge in [0.25, 0.3) is 0 Å². The van der Waals surface area contributed by atoms with Crippen LogP contribution in [0.4, 0.5) is 11.6 Å². The first kappa shape index (κ1) is 14.6. The van der Waals surface area contributed by atoms with Crippen LogP contribution in [0.1, 0.15) is 26.7 Å². The Morgan fingerprint density at radius 3 is 2.95 bits per heavy atom. The number of imidazole rings is 1. The summed E-state index contributed by atoms with van der Waals surface area (Å²) in [5.41, 5.74) is 0.837. The molecule has 110 valence electrons. The molecule has 0 spiro atoms. The normalized spacial score (nSPS) is 12.6. The molecule has 0 fully saturated rings. The van der Waals surface area contributed by atoms with E-state index in [-0.39, 0.29) is 6.04 Å². The van der Waals surface area contributed by atoms with E-state index < -0.39 is 0 Å². The summed E-state index contributed by atoms with van der Waals surface area (Å²) in [5, 5.41) is 6.69. The van der Waals surface area contributed by atoms with E-state index in [4.69, 9.17) is 4.74 Å². The standard InChI is InChI=1S/C14H23N5O/c1-4-6-11(10-20-3)17-13-14-16-7-8-19(14)9-12(18-13)15-5-2/h7-9,11,15H,4-6,10H2,1-3H3,(H,17,18). The van der Waals surface area contributed by atoms with Crippen molar-refractivity contribution in [3.63, 3.8) is 0 Å². The Morgan fingerprint density at radius 1 is 1.40 bits per heavy atom. The van der Waals surface area contributed by atoms with Crippen LogP contribution in [0.15, 0.2) is 18.6 Å². The van der Waals surface area contributed by atoms with Crippen molar-refractivity contribution >= 4 is 17.3 Å². The number of fused-ring (bicyclic) bond motifs is 1. The van der Waals surface area contributed by atoms with Gasteiger partial charge in [-0.25, -0.2) is 9.97 Å². The first-order valence-corrected chi connectivity index (χ1v) is 7.11. The monoisotopic (exact) mass is 277 g/mol. The minimum atomic E-state index is 0.245. The highest BCUT2D eigenvalue weighted by Crippen LogP contribution is 2.18. The number of anilines is 2. The van der Waals surface area contributed by atoms with Crippen LogP contribution in [0.2, 0.25) is 0 Å². The predicted molar refractivity (Wildman–Crippen MR) is 81.3 cm³/mol. The Hall–Kier alpha value is -1.82. The second-order valence-electron chi connectivity index (χ2n) is 4.75. The quantitative estimate of drug-likeness (QED) is 0.775. The zero-order valence-corrected chi connectivity index (χ0v) is 12.4. The topological polar surface area (TPSA) is 63.5 Å². The van der Waals surface area contributed by atoms with Crippen LogP contribution in [0.25, 0.3) is 5.65 Å². The van der Waals surface area contributed by atoms with Gasteiger partial charge < -0.3 is 19.8 Å². The maximum atomic E-state index is 5.27. The molecule has 0 aromatic carbocycles. The van der Waals surface area contributed by atoms with E-state index in [1.165, 1.54) is 0 Å². The summed E-state index contributed by atoms with van der Waals surface area (Å²) in [4.78, 5) is 8.97. The lowest BCUT2D eigenvalue weighted by atomic mass is 10.2. The Kier molecular flexibility index (Phi) is 5.17. The molecule has 6 nitrogen and oxygen atoms in total. The van der Waals surface area contributed by atoms with Gasteiger partial charge in [-0.15, -0.1) is 0 Å². The van der Waals surface area contributed by atoms with Gasteiger partial charge in [0.2, 0.25) is 0 Å². The number of methoxy groups -OCH3 is 1. The molecular weight excluding hydrogens is 254 g/mol. The third-order valence-corrected chi connectivity index (χ3v) is 3.08. The van der Waals surface area contributed by atoms with Gasteiger partial charge in [-0.2, -0.15) is 0 Å². The lowest BCUT2D eigenvalue weighted by Crippen LogP contribution is -2.25. The molecule has 2 aromatic heterocycles. The van der Waals surface area contributed by atoms with Gasteiger partial charge in [-0.05, 0) is 13.3 Å². The highest BCUT2D eigenvalue weighted by atomic mass is 16.5. The zero-order chi connectivity index (χ0) is 14.4. The molecule has 2 rings (SSSR count). The lowest BCUT2D eigenvalue weighted by molar-refractivity contribution is 0.182. The molecule has 0 amide bonds. The Morgan fingerprint density at radius 2 is 2.25 bits per heavy atom. The highest BCUT2D eigenvalue weighted by Gasteiger charge is 2.12. The molecule has 2 N–H and O–H groups in total. The molecular formula is C14H23N5O. The average molecular weight is 277 g/mol. The van der Waals surface area contributed by atoms with Gasteiger partial charge in [-0.3, -0.25) is 0 Å². The number of ether oxygens (including phenoxy) is 1. The number of hydrogen-bond acceptors (Lipinski definition) is 5. The number of nitrogens with one attached hydrogen (secondary N) is 2. The van der Waals surface area contributed by atoms with Crippen LogP contribution in [-0.4, -0.2) is 40.7 Å². The smallest absolute Gasteiger partial charge is 0.180 e. The van der Waals surface area contributed by atoms with Crippen LogP contribution < -0.4 is 10.6 Å². The van der Waals surface area contributed by atoms with Crippen molar-refractivity contribution < 1.29 is 4.74 Å². The van der Waals surface area contributed by atoms with Gasteiger partial charge in [0.1, 0.15) is 5.82 Å². The largest absolute Gasteiger partial charge is 0.383 e. The maximum absolute atomic E-state index is 5.27. The molecule has 6 heteroatoms. The van der Waals surface area contributed by atoms with Crippen LogP contribution in [-0.2, 0) is 4.74 Å². The minimum absolute atomic E-state index is 0.245. The van der Waals surface area contributed by atoms with Crippen LogP contribution in [0, 0.1) is 0 Å². The fraction of sp³-hybridized carbons (Fsp3) is 0.571. The predicted octanol–water partition coefficient (Wildman–Crippen LogP) is 2.39. The minimum Gasteiger partial charge on any atom is -0.383 e. The van der Waals surface area contributed by atoms with Crippen molar-refractivity contribution in [1.82, 2.24) is 14.4 Å². The maximum Gasteiger partial charge on any atom is 0.180 e. The molecule has 20 heavy (non-hydrogen) atoms. The SMILES string of the molecule is CCCC(COC)Nc1nc(NCC)cn2ccnc12. The van der Waals surface area contributed by atoms with Crippen molar-refractivity contribution in [3.8, 4) is 0 Å². The lowest BCUT2D eigenvalue weighted by Gasteiger charge is -2.18. The summed E-state index contributed by atoms with van der Waals surface area (Å²) in [7, 11) is 1.72. The summed E-state index contributed by atoms with van der Waals surface area (Å²) >= 11 is 0. The summed E-state index contributed by atoms with van der Waals surface area (Å²) in [5.74, 6) is 1.64. The van der Waals surface area contributed by atoms with Crippen LogP contribution >= 0.6 is 0 Å². The Labute approximate surface area is 119 Å². The number of rotatable bonds is 8. The van der Waals surface area contributed by atoms with E-state index in [0.29, 0.717) is 6.61 Å². The van der Waals surface area contributed by atoms with E-state index in [9.17, 15) is 0 Å². The van der Waals surface area contributed by atoms with Crippen molar-refractivity contribution in [3.05, 3.63) is 18.6 Å². The van der Waals surface area contributed by atoms with Gasteiger partial charge in [0.15, 0.2) is 11.5 Å². The Bertz CT molecular complexity index is 533. The third kappa shape index (κ3) is 3.39. The first-order chi connectivity index (χ1) is 9.78. The summed E-state index contributed by atoms with van der Waals surface area (Å²) < 4.78 is 7.24. The fourth-order valence-corrected chi connectivity index (χ4v) is 2.23.